The predicted octanol–water partition coefficient (Wildman–Crippen LogP) is 6.07. The average molecular weight is 322 g/mol. The summed E-state index contributed by atoms with van der Waals surface area (Å²) in [6, 6.07) is 13.3. The van der Waals surface area contributed by atoms with Crippen molar-refractivity contribution in [1.29, 1.82) is 0 Å². The number of benzene rings is 2. The highest BCUT2D eigenvalue weighted by Crippen LogP contribution is 2.45. The zero-order valence-electron chi connectivity index (χ0n) is 12.0. The van der Waals surface area contributed by atoms with Crippen molar-refractivity contribution in [2.45, 2.75) is 36.6 Å². The van der Waals surface area contributed by atoms with Crippen LogP contribution in [0.4, 0.5) is 13.2 Å². The Hall–Kier alpha value is -1.42. The van der Waals surface area contributed by atoms with Gasteiger partial charge in [-0.3, -0.25) is 0 Å². The fourth-order valence-corrected chi connectivity index (χ4v) is 3.54. The van der Waals surface area contributed by atoms with Crippen LogP contribution in [-0.2, 0) is 10.9 Å². The van der Waals surface area contributed by atoms with Gasteiger partial charge in [0.05, 0.1) is 5.56 Å². The third-order valence-corrected chi connectivity index (χ3v) is 5.08. The summed E-state index contributed by atoms with van der Waals surface area (Å²) < 4.78 is 37.8. The van der Waals surface area contributed by atoms with Crippen molar-refractivity contribution < 1.29 is 13.2 Å². The Morgan fingerprint density at radius 2 is 1.50 bits per heavy atom. The summed E-state index contributed by atoms with van der Waals surface area (Å²) in [5, 5.41) is 0. The van der Waals surface area contributed by atoms with Gasteiger partial charge in [0.2, 0.25) is 0 Å². The Morgan fingerprint density at radius 3 is 2.09 bits per heavy atom. The Kier molecular flexibility index (Phi) is 3.98. The molecule has 1 aliphatic rings. The van der Waals surface area contributed by atoms with Gasteiger partial charge in [-0.05, 0) is 47.7 Å². The van der Waals surface area contributed by atoms with E-state index in [1.54, 1.807) is 0 Å². The monoisotopic (exact) mass is 322 g/mol. The highest BCUT2D eigenvalue weighted by atomic mass is 32.1. The van der Waals surface area contributed by atoms with Crippen LogP contribution in [0.15, 0.2) is 48.5 Å². The minimum Gasteiger partial charge on any atom is -0.168 e. The van der Waals surface area contributed by atoms with Gasteiger partial charge in [-0.1, -0.05) is 43.2 Å². The van der Waals surface area contributed by atoms with Crippen molar-refractivity contribution in [3.05, 3.63) is 59.7 Å². The standard InChI is InChI=1S/C18H17F3S/c19-18(20,21)15-8-6-13(7-9-15)14-4-3-5-16(12-14)17(22)10-1-2-11-17/h3-9,12,22H,1-2,10-11H2. The molecule has 0 spiro atoms. The van der Waals surface area contributed by atoms with Crippen LogP contribution in [0, 0.1) is 0 Å². The number of rotatable bonds is 2. The molecule has 0 aromatic heterocycles. The fraction of sp³-hybridized carbons (Fsp3) is 0.333. The zero-order valence-corrected chi connectivity index (χ0v) is 12.9. The Morgan fingerprint density at radius 1 is 0.864 bits per heavy atom. The minimum atomic E-state index is -4.29. The van der Waals surface area contributed by atoms with E-state index >= 15 is 0 Å². The molecule has 116 valence electrons. The van der Waals surface area contributed by atoms with Gasteiger partial charge in [-0.2, -0.15) is 25.8 Å². The molecule has 0 unspecified atom stereocenters. The van der Waals surface area contributed by atoms with Crippen molar-refractivity contribution in [1.82, 2.24) is 0 Å². The molecular formula is C18H17F3S. The quantitative estimate of drug-likeness (QED) is 0.637. The maximum absolute atomic E-state index is 12.6. The summed E-state index contributed by atoms with van der Waals surface area (Å²) in [5.74, 6) is 0. The van der Waals surface area contributed by atoms with Gasteiger partial charge in [0.15, 0.2) is 0 Å². The molecule has 4 heteroatoms. The van der Waals surface area contributed by atoms with E-state index in [0.717, 1.165) is 41.7 Å². The number of halogens is 3. The van der Waals surface area contributed by atoms with Gasteiger partial charge in [-0.15, -0.1) is 0 Å². The maximum atomic E-state index is 12.6. The first-order chi connectivity index (χ1) is 10.4. The van der Waals surface area contributed by atoms with Crippen LogP contribution in [0.3, 0.4) is 0 Å². The number of hydrogen-bond acceptors (Lipinski definition) is 1. The van der Waals surface area contributed by atoms with E-state index in [4.69, 9.17) is 12.6 Å². The summed E-state index contributed by atoms with van der Waals surface area (Å²) in [4.78, 5) is 0. The van der Waals surface area contributed by atoms with Crippen molar-refractivity contribution >= 4 is 12.6 Å². The highest BCUT2D eigenvalue weighted by molar-refractivity contribution is 7.81. The molecule has 0 amide bonds. The molecule has 0 saturated heterocycles. The number of hydrogen-bond donors (Lipinski definition) is 1. The highest BCUT2D eigenvalue weighted by Gasteiger charge is 2.32. The van der Waals surface area contributed by atoms with E-state index in [0.29, 0.717) is 0 Å². The molecule has 0 aliphatic heterocycles. The second-order valence-corrected chi connectivity index (χ2v) is 6.75. The first kappa shape index (κ1) is 15.5. The molecule has 0 radical (unpaired) electrons. The molecule has 1 fully saturated rings. The number of alkyl halides is 3. The summed E-state index contributed by atoms with van der Waals surface area (Å²) in [5.41, 5.74) is 2.27. The first-order valence-corrected chi connectivity index (χ1v) is 7.84. The summed E-state index contributed by atoms with van der Waals surface area (Å²) in [6.45, 7) is 0. The summed E-state index contributed by atoms with van der Waals surface area (Å²) >= 11 is 4.84. The molecule has 0 N–H and O–H groups in total. The fourth-order valence-electron chi connectivity index (χ4n) is 3.09. The van der Waals surface area contributed by atoms with E-state index in [9.17, 15) is 13.2 Å². The molecule has 0 bridgehead atoms. The van der Waals surface area contributed by atoms with Crippen molar-refractivity contribution in [3.8, 4) is 11.1 Å². The first-order valence-electron chi connectivity index (χ1n) is 7.39. The largest absolute Gasteiger partial charge is 0.416 e. The molecule has 0 heterocycles. The molecule has 1 saturated carbocycles. The lowest BCUT2D eigenvalue weighted by atomic mass is 9.93. The molecule has 2 aromatic carbocycles. The van der Waals surface area contributed by atoms with Crippen LogP contribution in [0.5, 0.6) is 0 Å². The topological polar surface area (TPSA) is 0 Å². The van der Waals surface area contributed by atoms with E-state index in [1.807, 2.05) is 12.1 Å². The van der Waals surface area contributed by atoms with Crippen molar-refractivity contribution in [2.75, 3.05) is 0 Å². The van der Waals surface area contributed by atoms with Gasteiger partial charge in [-0.25, -0.2) is 0 Å². The van der Waals surface area contributed by atoms with Crippen molar-refractivity contribution in [2.24, 2.45) is 0 Å². The van der Waals surface area contributed by atoms with E-state index in [2.05, 4.69) is 12.1 Å². The summed E-state index contributed by atoms with van der Waals surface area (Å²) in [7, 11) is 0. The molecule has 0 atom stereocenters. The minimum absolute atomic E-state index is 0.0953. The van der Waals surface area contributed by atoms with Crippen LogP contribution in [0.25, 0.3) is 11.1 Å². The second kappa shape index (κ2) is 5.65. The second-order valence-electron chi connectivity index (χ2n) is 5.89. The Bertz CT molecular complexity index is 653. The van der Waals surface area contributed by atoms with Gasteiger partial charge >= 0.3 is 6.18 Å². The lowest BCUT2D eigenvalue weighted by molar-refractivity contribution is -0.137. The van der Waals surface area contributed by atoms with E-state index in [1.165, 1.54) is 25.0 Å². The smallest absolute Gasteiger partial charge is 0.168 e. The van der Waals surface area contributed by atoms with Crippen LogP contribution in [0.1, 0.15) is 36.8 Å². The molecular weight excluding hydrogens is 305 g/mol. The Labute approximate surface area is 133 Å². The van der Waals surface area contributed by atoms with Gasteiger partial charge in [0.25, 0.3) is 0 Å². The zero-order chi connectivity index (χ0) is 15.8. The van der Waals surface area contributed by atoms with E-state index < -0.39 is 11.7 Å². The summed E-state index contributed by atoms with van der Waals surface area (Å²) in [6.07, 6.45) is 0.153. The van der Waals surface area contributed by atoms with Crippen LogP contribution < -0.4 is 0 Å². The lowest BCUT2D eigenvalue weighted by Crippen LogP contribution is -2.13. The average Bonchev–Trinajstić information content (AvgIpc) is 2.95. The third kappa shape index (κ3) is 3.02. The lowest BCUT2D eigenvalue weighted by Gasteiger charge is -2.23. The van der Waals surface area contributed by atoms with Crippen LogP contribution >= 0.6 is 12.6 Å². The van der Waals surface area contributed by atoms with Crippen LogP contribution in [0.2, 0.25) is 0 Å². The predicted molar refractivity (Wildman–Crippen MR) is 86.0 cm³/mol. The van der Waals surface area contributed by atoms with Gasteiger partial charge in [0.1, 0.15) is 0 Å². The van der Waals surface area contributed by atoms with Gasteiger partial charge < -0.3 is 0 Å². The third-order valence-electron chi connectivity index (χ3n) is 4.38. The SMILES string of the molecule is FC(F)(F)c1ccc(-c2cccc(C3(S)CCCC3)c2)cc1. The Balaban J connectivity index is 1.92. The van der Waals surface area contributed by atoms with Gasteiger partial charge in [0, 0.05) is 4.75 Å². The van der Waals surface area contributed by atoms with Crippen molar-refractivity contribution in [3.63, 3.8) is 0 Å². The normalized spacial score (nSPS) is 17.6. The molecule has 22 heavy (non-hydrogen) atoms. The molecule has 2 aromatic rings. The van der Waals surface area contributed by atoms with Crippen LogP contribution in [-0.4, -0.2) is 0 Å². The molecule has 0 nitrogen and oxygen atoms in total. The molecule has 3 rings (SSSR count). The maximum Gasteiger partial charge on any atom is 0.416 e. The molecule has 1 aliphatic carbocycles. The number of thiol groups is 1. The van der Waals surface area contributed by atoms with E-state index in [-0.39, 0.29) is 4.75 Å².